The number of anilines is 1. The van der Waals surface area contributed by atoms with Crippen LogP contribution in [-0.2, 0) is 0 Å². The Morgan fingerprint density at radius 2 is 1.41 bits per heavy atom. The molecule has 0 atom stereocenters. The van der Waals surface area contributed by atoms with Crippen molar-refractivity contribution in [2.24, 2.45) is 0 Å². The first-order valence-corrected chi connectivity index (χ1v) is 10.1. The molecular weight excluding hydrogens is 424 g/mol. The predicted molar refractivity (Wildman–Crippen MR) is 121 cm³/mol. The van der Waals surface area contributed by atoms with Crippen molar-refractivity contribution in [2.45, 2.75) is 0 Å². The van der Waals surface area contributed by atoms with Crippen LogP contribution in [0.15, 0.2) is 95.6 Å². The molecule has 0 saturated heterocycles. The van der Waals surface area contributed by atoms with Crippen LogP contribution in [0.5, 0.6) is 0 Å². The minimum absolute atomic E-state index is 0.569. The van der Waals surface area contributed by atoms with E-state index in [2.05, 4.69) is 34.1 Å². The van der Waals surface area contributed by atoms with Crippen molar-refractivity contribution in [2.75, 3.05) is 5.73 Å². The largest absolute Gasteiger partial charge is 0.383 e. The summed E-state index contributed by atoms with van der Waals surface area (Å²) in [6.07, 6.45) is 1.83. The zero-order valence-electron chi connectivity index (χ0n) is 15.5. The fourth-order valence-electron chi connectivity index (χ4n) is 3.55. The average Bonchev–Trinajstić information content (AvgIpc) is 3.16. The Balaban J connectivity index is 1.83. The quantitative estimate of drug-likeness (QED) is 0.370. The molecule has 0 spiro atoms. The maximum atomic E-state index is 6.57. The highest BCUT2D eigenvalue weighted by Crippen LogP contribution is 2.37. The van der Waals surface area contributed by atoms with E-state index in [1.807, 2.05) is 72.9 Å². The Kier molecular flexibility index (Phi) is 4.37. The van der Waals surface area contributed by atoms with E-state index in [0.717, 1.165) is 43.6 Å². The van der Waals surface area contributed by atoms with Gasteiger partial charge in [0.25, 0.3) is 0 Å². The molecule has 2 aromatic heterocycles. The van der Waals surface area contributed by atoms with E-state index >= 15 is 0 Å². The minimum atomic E-state index is 0.569. The lowest BCUT2D eigenvalue weighted by molar-refractivity contribution is 0.958. The highest BCUT2D eigenvalue weighted by atomic mass is 79.9. The lowest BCUT2D eigenvalue weighted by atomic mass is 10.0. The van der Waals surface area contributed by atoms with E-state index in [1.165, 1.54) is 0 Å². The number of fused-ring (bicyclic) bond motifs is 1. The molecule has 0 amide bonds. The van der Waals surface area contributed by atoms with Crippen molar-refractivity contribution in [3.63, 3.8) is 0 Å². The molecule has 0 fully saturated rings. The van der Waals surface area contributed by atoms with Crippen molar-refractivity contribution >= 4 is 27.4 Å². The van der Waals surface area contributed by atoms with E-state index in [-0.39, 0.29) is 0 Å². The Morgan fingerprint density at radius 1 is 0.759 bits per heavy atom. The number of aromatic nitrogens is 3. The highest BCUT2D eigenvalue weighted by molar-refractivity contribution is 9.10. The molecule has 140 valence electrons. The van der Waals surface area contributed by atoms with Crippen LogP contribution in [0.1, 0.15) is 0 Å². The molecule has 0 saturated carbocycles. The summed E-state index contributed by atoms with van der Waals surface area (Å²) in [5, 5.41) is 4.89. The number of nitrogen functional groups attached to an aromatic ring is 1. The summed E-state index contributed by atoms with van der Waals surface area (Å²) in [6.45, 7) is 0. The molecule has 0 aliphatic heterocycles. The van der Waals surface area contributed by atoms with Gasteiger partial charge in [0, 0.05) is 21.8 Å². The topological polar surface area (TPSA) is 56.2 Å². The van der Waals surface area contributed by atoms with Crippen molar-refractivity contribution in [3.8, 4) is 33.5 Å². The SMILES string of the molecule is Nc1c(-c2ccccc2)cnc2c(-c3ccccc3)c(-c3cccc(Br)c3)nn12. The molecular formula is C24H17BrN4. The van der Waals surface area contributed by atoms with Crippen LogP contribution in [0.2, 0.25) is 0 Å². The summed E-state index contributed by atoms with van der Waals surface area (Å²) in [7, 11) is 0. The van der Waals surface area contributed by atoms with Gasteiger partial charge in [0.15, 0.2) is 5.65 Å². The van der Waals surface area contributed by atoms with Crippen molar-refractivity contribution in [3.05, 3.63) is 95.6 Å². The van der Waals surface area contributed by atoms with Crippen LogP contribution in [-0.4, -0.2) is 14.6 Å². The van der Waals surface area contributed by atoms with E-state index in [4.69, 9.17) is 15.8 Å². The van der Waals surface area contributed by atoms with Crippen LogP contribution in [0.25, 0.3) is 39.2 Å². The Morgan fingerprint density at radius 3 is 2.10 bits per heavy atom. The fraction of sp³-hybridized carbons (Fsp3) is 0. The Hall–Kier alpha value is -3.44. The summed E-state index contributed by atoms with van der Waals surface area (Å²) in [4.78, 5) is 4.77. The summed E-state index contributed by atoms with van der Waals surface area (Å²) < 4.78 is 2.75. The van der Waals surface area contributed by atoms with Gasteiger partial charge in [-0.1, -0.05) is 88.7 Å². The number of hydrogen-bond donors (Lipinski definition) is 1. The zero-order chi connectivity index (χ0) is 19.8. The molecule has 2 N–H and O–H groups in total. The fourth-order valence-corrected chi connectivity index (χ4v) is 3.95. The second kappa shape index (κ2) is 7.18. The molecule has 2 heterocycles. The summed E-state index contributed by atoms with van der Waals surface area (Å²) in [5.74, 6) is 0.569. The van der Waals surface area contributed by atoms with Crippen LogP contribution >= 0.6 is 15.9 Å². The molecule has 5 aromatic rings. The van der Waals surface area contributed by atoms with Gasteiger partial charge < -0.3 is 5.73 Å². The van der Waals surface area contributed by atoms with E-state index in [0.29, 0.717) is 5.82 Å². The molecule has 5 rings (SSSR count). The molecule has 5 heteroatoms. The van der Waals surface area contributed by atoms with Gasteiger partial charge >= 0.3 is 0 Å². The monoisotopic (exact) mass is 440 g/mol. The first-order chi connectivity index (χ1) is 14.2. The third-order valence-corrected chi connectivity index (χ3v) is 5.42. The lowest BCUT2D eigenvalue weighted by Crippen LogP contribution is -2.02. The van der Waals surface area contributed by atoms with Gasteiger partial charge in [-0.2, -0.15) is 9.61 Å². The Labute approximate surface area is 176 Å². The Bertz CT molecular complexity index is 1310. The van der Waals surface area contributed by atoms with Gasteiger partial charge in [0.05, 0.1) is 5.56 Å². The summed E-state index contributed by atoms with van der Waals surface area (Å²) >= 11 is 3.57. The lowest BCUT2D eigenvalue weighted by Gasteiger charge is -2.07. The van der Waals surface area contributed by atoms with Gasteiger partial charge in [-0.3, -0.25) is 0 Å². The van der Waals surface area contributed by atoms with E-state index in [1.54, 1.807) is 4.52 Å². The second-order valence-corrected chi connectivity index (χ2v) is 7.67. The minimum Gasteiger partial charge on any atom is -0.383 e. The number of benzene rings is 3. The average molecular weight is 441 g/mol. The number of nitrogens with zero attached hydrogens (tertiary/aromatic N) is 3. The maximum Gasteiger partial charge on any atom is 0.165 e. The van der Waals surface area contributed by atoms with Crippen molar-refractivity contribution in [1.82, 2.24) is 14.6 Å². The van der Waals surface area contributed by atoms with E-state index < -0.39 is 0 Å². The van der Waals surface area contributed by atoms with Crippen LogP contribution < -0.4 is 5.73 Å². The molecule has 3 aromatic carbocycles. The van der Waals surface area contributed by atoms with E-state index in [9.17, 15) is 0 Å². The first kappa shape index (κ1) is 17.6. The standard InChI is InChI=1S/C24H17BrN4/c25-19-13-7-12-18(14-19)22-21(17-10-5-2-6-11-17)24-27-15-20(23(26)29(24)28-22)16-8-3-1-4-9-16/h1-15H,26H2. The normalized spacial score (nSPS) is 11.1. The number of nitrogens with two attached hydrogens (primary N) is 1. The van der Waals surface area contributed by atoms with Gasteiger partial charge in [-0.15, -0.1) is 0 Å². The van der Waals surface area contributed by atoms with Crippen LogP contribution in [0.3, 0.4) is 0 Å². The van der Waals surface area contributed by atoms with Gasteiger partial charge in [0.2, 0.25) is 0 Å². The second-order valence-electron chi connectivity index (χ2n) is 6.76. The molecule has 4 nitrogen and oxygen atoms in total. The smallest absolute Gasteiger partial charge is 0.165 e. The number of rotatable bonds is 3. The van der Waals surface area contributed by atoms with Crippen molar-refractivity contribution < 1.29 is 0 Å². The number of hydrogen-bond acceptors (Lipinski definition) is 3. The van der Waals surface area contributed by atoms with Crippen LogP contribution in [0.4, 0.5) is 5.82 Å². The summed E-state index contributed by atoms with van der Waals surface area (Å²) in [5.41, 5.74) is 13.1. The molecule has 0 aliphatic rings. The maximum absolute atomic E-state index is 6.57. The molecule has 0 aliphatic carbocycles. The summed E-state index contributed by atoms with van der Waals surface area (Å²) in [6, 6.07) is 28.3. The van der Waals surface area contributed by atoms with Crippen LogP contribution in [0, 0.1) is 0 Å². The third kappa shape index (κ3) is 3.09. The predicted octanol–water partition coefficient (Wildman–Crippen LogP) is 6.08. The molecule has 0 unspecified atom stereocenters. The molecule has 0 bridgehead atoms. The van der Waals surface area contributed by atoms with Crippen molar-refractivity contribution in [1.29, 1.82) is 0 Å². The molecule has 29 heavy (non-hydrogen) atoms. The highest BCUT2D eigenvalue weighted by Gasteiger charge is 2.20. The third-order valence-electron chi connectivity index (χ3n) is 4.93. The zero-order valence-corrected chi connectivity index (χ0v) is 17.0. The number of halogens is 1. The van der Waals surface area contributed by atoms with Gasteiger partial charge in [-0.05, 0) is 23.3 Å². The van der Waals surface area contributed by atoms with Gasteiger partial charge in [-0.25, -0.2) is 4.98 Å². The van der Waals surface area contributed by atoms with Gasteiger partial charge in [0.1, 0.15) is 11.5 Å². The first-order valence-electron chi connectivity index (χ1n) is 9.26. The molecule has 0 radical (unpaired) electrons.